The van der Waals surface area contributed by atoms with E-state index in [1.54, 1.807) is 0 Å². The average Bonchev–Trinajstić information content (AvgIpc) is 2.37. The number of hydrogen-bond donors (Lipinski definition) is 3. The van der Waals surface area contributed by atoms with E-state index in [0.29, 0.717) is 6.42 Å². The van der Waals surface area contributed by atoms with Crippen molar-refractivity contribution in [2.24, 2.45) is 0 Å². The fraction of sp³-hybridized carbons (Fsp3) is 0.333. The van der Waals surface area contributed by atoms with Gasteiger partial charge < -0.3 is 20.5 Å². The minimum absolute atomic E-state index is 0.0498. The van der Waals surface area contributed by atoms with Crippen molar-refractivity contribution in [1.82, 2.24) is 5.32 Å². The van der Waals surface area contributed by atoms with Crippen LogP contribution in [0, 0.1) is 0 Å². The molecule has 3 N–H and O–H groups in total. The topological polar surface area (TPSA) is 87.7 Å². The van der Waals surface area contributed by atoms with Gasteiger partial charge in [0.05, 0.1) is 5.02 Å². The van der Waals surface area contributed by atoms with E-state index >= 15 is 0 Å². The number of nitrogens with one attached hydrogen (secondary N) is 2. The van der Waals surface area contributed by atoms with Crippen LogP contribution in [0.2, 0.25) is 5.02 Å². The summed E-state index contributed by atoms with van der Waals surface area (Å²) >= 11 is 5.72. The molecule has 0 heterocycles. The number of halogens is 3. The minimum Gasteiger partial charge on any atom is -0.481 e. The Bertz CT molecular complexity index is 514. The van der Waals surface area contributed by atoms with E-state index in [-0.39, 0.29) is 29.4 Å². The van der Waals surface area contributed by atoms with Gasteiger partial charge in [-0.15, -0.1) is 0 Å². The highest BCUT2D eigenvalue weighted by molar-refractivity contribution is 6.32. The predicted molar refractivity (Wildman–Crippen MR) is 72.0 cm³/mol. The number of hydrogen-bond acceptors (Lipinski definition) is 3. The summed E-state index contributed by atoms with van der Waals surface area (Å²) in [5, 5.41) is 13.2. The second-order valence-corrected chi connectivity index (χ2v) is 4.31. The van der Waals surface area contributed by atoms with Crippen LogP contribution in [-0.4, -0.2) is 30.3 Å². The van der Waals surface area contributed by atoms with E-state index in [4.69, 9.17) is 16.7 Å². The molecule has 0 radical (unpaired) electrons. The van der Waals surface area contributed by atoms with Gasteiger partial charge in [-0.05, 0) is 24.6 Å². The van der Waals surface area contributed by atoms with Gasteiger partial charge in [0.1, 0.15) is 5.75 Å². The minimum atomic E-state index is -2.99. The highest BCUT2D eigenvalue weighted by Crippen LogP contribution is 2.28. The van der Waals surface area contributed by atoms with Gasteiger partial charge in [-0.1, -0.05) is 11.6 Å². The number of amides is 2. The number of benzene rings is 1. The first-order valence-corrected chi connectivity index (χ1v) is 6.27. The number of carboxylic acids is 1. The number of ether oxygens (including phenoxy) is 1. The summed E-state index contributed by atoms with van der Waals surface area (Å²) in [6.07, 6.45) is 0.246. The maximum Gasteiger partial charge on any atom is 0.387 e. The third-order valence-corrected chi connectivity index (χ3v) is 2.55. The van der Waals surface area contributed by atoms with Gasteiger partial charge in [0, 0.05) is 18.7 Å². The van der Waals surface area contributed by atoms with Crippen LogP contribution in [0.25, 0.3) is 0 Å². The summed E-state index contributed by atoms with van der Waals surface area (Å²) in [7, 11) is 0. The van der Waals surface area contributed by atoms with Crippen LogP contribution in [0.5, 0.6) is 5.75 Å². The molecule has 0 aromatic heterocycles. The molecule has 0 fully saturated rings. The van der Waals surface area contributed by atoms with E-state index < -0.39 is 18.6 Å². The van der Waals surface area contributed by atoms with Gasteiger partial charge >= 0.3 is 18.6 Å². The quantitative estimate of drug-likeness (QED) is 0.673. The lowest BCUT2D eigenvalue weighted by Crippen LogP contribution is -2.29. The molecule has 0 aliphatic carbocycles. The molecule has 9 heteroatoms. The maximum absolute atomic E-state index is 12.0. The van der Waals surface area contributed by atoms with Crippen molar-refractivity contribution in [3.63, 3.8) is 0 Å². The first kappa shape index (κ1) is 17.0. The molecule has 2 amide bonds. The first-order chi connectivity index (χ1) is 9.88. The second-order valence-electron chi connectivity index (χ2n) is 3.90. The number of carbonyl (C=O) groups excluding carboxylic acids is 1. The summed E-state index contributed by atoms with van der Waals surface area (Å²) in [5.74, 6) is -1.14. The molecule has 0 atom stereocenters. The molecule has 0 bridgehead atoms. The molecule has 0 saturated heterocycles. The van der Waals surface area contributed by atoms with Crippen LogP contribution >= 0.6 is 11.6 Å². The molecule has 0 saturated carbocycles. The van der Waals surface area contributed by atoms with Crippen LogP contribution in [-0.2, 0) is 4.79 Å². The van der Waals surface area contributed by atoms with Crippen LogP contribution in [0.1, 0.15) is 12.8 Å². The van der Waals surface area contributed by atoms with Gasteiger partial charge in [0.2, 0.25) is 0 Å². The Hall–Kier alpha value is -2.09. The average molecular weight is 323 g/mol. The molecule has 1 aromatic rings. The molecule has 0 unspecified atom stereocenters. The van der Waals surface area contributed by atoms with Crippen molar-refractivity contribution in [3.05, 3.63) is 23.2 Å². The Morgan fingerprint density at radius 2 is 2.10 bits per heavy atom. The van der Waals surface area contributed by atoms with E-state index in [1.807, 2.05) is 0 Å². The zero-order valence-corrected chi connectivity index (χ0v) is 11.5. The maximum atomic E-state index is 12.0. The number of rotatable bonds is 7. The Morgan fingerprint density at radius 1 is 1.38 bits per heavy atom. The molecule has 6 nitrogen and oxygen atoms in total. The van der Waals surface area contributed by atoms with Crippen molar-refractivity contribution >= 4 is 29.3 Å². The molecule has 0 aliphatic rings. The molecular formula is C12H13ClF2N2O4. The van der Waals surface area contributed by atoms with Crippen molar-refractivity contribution in [2.75, 3.05) is 11.9 Å². The zero-order valence-electron chi connectivity index (χ0n) is 10.7. The number of carboxylic acid groups (broad SMARTS) is 1. The largest absolute Gasteiger partial charge is 0.481 e. The zero-order chi connectivity index (χ0) is 15.8. The lowest BCUT2D eigenvalue weighted by Gasteiger charge is -2.10. The lowest BCUT2D eigenvalue weighted by molar-refractivity contribution is -0.137. The normalized spacial score (nSPS) is 10.3. The number of anilines is 1. The summed E-state index contributed by atoms with van der Waals surface area (Å²) < 4.78 is 28.2. The van der Waals surface area contributed by atoms with E-state index in [2.05, 4.69) is 15.4 Å². The number of aliphatic carboxylic acids is 1. The Balaban J connectivity index is 2.45. The van der Waals surface area contributed by atoms with Gasteiger partial charge in [0.15, 0.2) is 0 Å². The highest BCUT2D eigenvalue weighted by atomic mass is 35.5. The second kappa shape index (κ2) is 8.25. The molecule has 116 valence electrons. The van der Waals surface area contributed by atoms with Crippen LogP contribution in [0.4, 0.5) is 19.3 Å². The van der Waals surface area contributed by atoms with E-state index in [0.717, 1.165) is 0 Å². The SMILES string of the molecule is O=C(O)CCCNC(=O)Nc1ccc(OC(F)F)c(Cl)c1. The van der Waals surface area contributed by atoms with Crippen molar-refractivity contribution in [2.45, 2.75) is 19.5 Å². The van der Waals surface area contributed by atoms with Crippen molar-refractivity contribution in [1.29, 1.82) is 0 Å². The van der Waals surface area contributed by atoms with Crippen LogP contribution in [0.3, 0.4) is 0 Å². The highest BCUT2D eigenvalue weighted by Gasteiger charge is 2.10. The van der Waals surface area contributed by atoms with Crippen LogP contribution in [0.15, 0.2) is 18.2 Å². The van der Waals surface area contributed by atoms with Gasteiger partial charge in [0.25, 0.3) is 0 Å². The summed E-state index contributed by atoms with van der Waals surface area (Å²) in [6.45, 7) is -2.79. The Morgan fingerprint density at radius 3 is 2.67 bits per heavy atom. The van der Waals surface area contributed by atoms with Crippen molar-refractivity contribution in [3.8, 4) is 5.75 Å². The monoisotopic (exact) mass is 322 g/mol. The lowest BCUT2D eigenvalue weighted by atomic mass is 10.3. The fourth-order valence-corrected chi connectivity index (χ4v) is 1.61. The van der Waals surface area contributed by atoms with Gasteiger partial charge in [-0.3, -0.25) is 4.79 Å². The van der Waals surface area contributed by atoms with Gasteiger partial charge in [-0.25, -0.2) is 4.79 Å². The van der Waals surface area contributed by atoms with E-state index in [1.165, 1.54) is 18.2 Å². The number of urea groups is 1. The van der Waals surface area contributed by atoms with Crippen molar-refractivity contribution < 1.29 is 28.2 Å². The Labute approximate surface area is 124 Å². The summed E-state index contributed by atoms with van der Waals surface area (Å²) in [6, 6.07) is 3.25. The molecule has 1 rings (SSSR count). The number of carbonyl (C=O) groups is 2. The molecule has 21 heavy (non-hydrogen) atoms. The third kappa shape index (κ3) is 6.75. The Kier molecular flexibility index (Phi) is 6.67. The molecule has 0 aliphatic heterocycles. The summed E-state index contributed by atoms with van der Waals surface area (Å²) in [4.78, 5) is 21.7. The number of alkyl halides is 2. The fourth-order valence-electron chi connectivity index (χ4n) is 1.39. The van der Waals surface area contributed by atoms with Gasteiger partial charge in [-0.2, -0.15) is 8.78 Å². The first-order valence-electron chi connectivity index (χ1n) is 5.89. The predicted octanol–water partition coefficient (Wildman–Crippen LogP) is 2.93. The molecule has 1 aromatic carbocycles. The van der Waals surface area contributed by atoms with E-state index in [9.17, 15) is 18.4 Å². The summed E-state index contributed by atoms with van der Waals surface area (Å²) in [5.41, 5.74) is 0.289. The molecular weight excluding hydrogens is 310 g/mol. The van der Waals surface area contributed by atoms with Crippen LogP contribution < -0.4 is 15.4 Å². The smallest absolute Gasteiger partial charge is 0.387 e. The molecule has 0 spiro atoms. The standard InChI is InChI=1S/C12H13ClF2N2O4/c13-8-6-7(3-4-9(8)21-11(14)15)17-12(20)16-5-1-2-10(18)19/h3-4,6,11H,1-2,5H2,(H,18,19)(H2,16,17,20). The third-order valence-electron chi connectivity index (χ3n) is 2.26.